The lowest BCUT2D eigenvalue weighted by atomic mass is 10.2. The molecule has 7 nitrogen and oxygen atoms in total. The van der Waals surface area contributed by atoms with Gasteiger partial charge in [-0.15, -0.1) is 11.8 Å². The highest BCUT2D eigenvalue weighted by atomic mass is 32.2. The van der Waals surface area contributed by atoms with Crippen LogP contribution in [0.4, 0.5) is 10.1 Å². The lowest BCUT2D eigenvalue weighted by molar-refractivity contribution is -0.387. The van der Waals surface area contributed by atoms with Crippen LogP contribution in [0.15, 0.2) is 17.0 Å². The van der Waals surface area contributed by atoms with Crippen molar-refractivity contribution < 1.29 is 23.6 Å². The Labute approximate surface area is 143 Å². The van der Waals surface area contributed by atoms with Crippen molar-refractivity contribution in [2.24, 2.45) is 0 Å². The van der Waals surface area contributed by atoms with Crippen molar-refractivity contribution in [2.75, 3.05) is 45.7 Å². The van der Waals surface area contributed by atoms with Crippen LogP contribution < -0.4 is 0 Å². The molecule has 1 aromatic carbocycles. The molecule has 1 fully saturated rings. The quantitative estimate of drug-likeness (QED) is 0.243. The van der Waals surface area contributed by atoms with Gasteiger partial charge in [0.2, 0.25) is 5.82 Å². The number of hydrogen-bond donors (Lipinski definition) is 0. The second kappa shape index (κ2) is 8.95. The van der Waals surface area contributed by atoms with Crippen LogP contribution in [0.3, 0.4) is 0 Å². The van der Waals surface area contributed by atoms with Crippen molar-refractivity contribution in [2.45, 2.75) is 11.3 Å². The molecule has 0 aliphatic carbocycles. The number of halogens is 1. The highest BCUT2D eigenvalue weighted by molar-refractivity contribution is 7.99. The van der Waals surface area contributed by atoms with Crippen LogP contribution in [0, 0.1) is 15.9 Å². The van der Waals surface area contributed by atoms with E-state index in [1.54, 1.807) is 0 Å². The van der Waals surface area contributed by atoms with Gasteiger partial charge in [0.15, 0.2) is 0 Å². The molecular formula is C15H19FN2O5S. The van der Waals surface area contributed by atoms with Crippen molar-refractivity contribution in [3.63, 3.8) is 0 Å². The first-order valence-corrected chi connectivity index (χ1v) is 8.50. The van der Waals surface area contributed by atoms with Crippen molar-refractivity contribution in [1.29, 1.82) is 0 Å². The minimum atomic E-state index is -0.913. The Morgan fingerprint density at radius 1 is 1.46 bits per heavy atom. The molecule has 0 amide bonds. The van der Waals surface area contributed by atoms with E-state index in [4.69, 9.17) is 4.74 Å². The number of benzene rings is 1. The number of morpholine rings is 1. The highest BCUT2D eigenvalue weighted by Gasteiger charge is 2.23. The van der Waals surface area contributed by atoms with Crippen LogP contribution in [-0.2, 0) is 9.47 Å². The largest absolute Gasteiger partial charge is 0.465 e. The van der Waals surface area contributed by atoms with Gasteiger partial charge in [-0.25, -0.2) is 4.79 Å². The van der Waals surface area contributed by atoms with E-state index in [1.165, 1.54) is 13.2 Å². The third-order valence-corrected chi connectivity index (χ3v) is 4.72. The molecule has 24 heavy (non-hydrogen) atoms. The average molecular weight is 358 g/mol. The number of nitrogens with zero attached hydrogens (tertiary/aromatic N) is 2. The maximum absolute atomic E-state index is 14.2. The van der Waals surface area contributed by atoms with E-state index < -0.39 is 22.4 Å². The molecule has 1 aromatic rings. The van der Waals surface area contributed by atoms with Gasteiger partial charge in [-0.2, -0.15) is 4.39 Å². The molecule has 0 saturated carbocycles. The Morgan fingerprint density at radius 3 is 2.79 bits per heavy atom. The summed E-state index contributed by atoms with van der Waals surface area (Å²) in [5, 5.41) is 11.0. The number of nitro groups is 1. The van der Waals surface area contributed by atoms with Gasteiger partial charge in [-0.3, -0.25) is 15.0 Å². The highest BCUT2D eigenvalue weighted by Crippen LogP contribution is 2.31. The Morgan fingerprint density at radius 2 is 2.17 bits per heavy atom. The average Bonchev–Trinajstić information content (AvgIpc) is 2.59. The molecular weight excluding hydrogens is 339 g/mol. The standard InChI is InChI=1S/C15H19FN2O5S/c1-22-15(19)11-9-12(18(20)21)14(16)13(10-11)24-8-2-3-17-4-6-23-7-5-17/h9-10H,2-8H2,1H3. The molecule has 0 spiro atoms. The molecule has 132 valence electrons. The summed E-state index contributed by atoms with van der Waals surface area (Å²) in [6.45, 7) is 4.05. The molecule has 1 heterocycles. The van der Waals surface area contributed by atoms with E-state index in [0.717, 1.165) is 57.1 Å². The minimum absolute atomic E-state index is 0.0266. The third-order valence-electron chi connectivity index (χ3n) is 3.62. The normalized spacial score (nSPS) is 15.2. The SMILES string of the molecule is COC(=O)c1cc(SCCCN2CCOCC2)c(F)c([N+](=O)[O-])c1. The number of thioether (sulfide) groups is 1. The number of nitro benzene ring substituents is 1. The second-order valence-corrected chi connectivity index (χ2v) is 6.35. The van der Waals surface area contributed by atoms with Gasteiger partial charge in [-0.1, -0.05) is 0 Å². The molecule has 1 aliphatic rings. The fraction of sp³-hybridized carbons (Fsp3) is 0.533. The zero-order chi connectivity index (χ0) is 17.5. The Balaban J connectivity index is 2.00. The maximum Gasteiger partial charge on any atom is 0.338 e. The van der Waals surface area contributed by atoms with Gasteiger partial charge in [0.05, 0.1) is 35.7 Å². The van der Waals surface area contributed by atoms with Crippen molar-refractivity contribution >= 4 is 23.4 Å². The fourth-order valence-corrected chi connectivity index (χ4v) is 3.29. The third kappa shape index (κ3) is 4.89. The van der Waals surface area contributed by atoms with Crippen LogP contribution in [0.1, 0.15) is 16.8 Å². The van der Waals surface area contributed by atoms with E-state index in [0.29, 0.717) is 5.75 Å². The van der Waals surface area contributed by atoms with Crippen molar-refractivity contribution in [3.05, 3.63) is 33.6 Å². The molecule has 0 unspecified atom stereocenters. The van der Waals surface area contributed by atoms with Crippen LogP contribution in [0.5, 0.6) is 0 Å². The van der Waals surface area contributed by atoms with Gasteiger partial charge < -0.3 is 9.47 Å². The van der Waals surface area contributed by atoms with E-state index in [-0.39, 0.29) is 10.5 Å². The topological polar surface area (TPSA) is 81.9 Å². The molecule has 2 rings (SSSR count). The van der Waals surface area contributed by atoms with Crippen LogP contribution in [0.25, 0.3) is 0 Å². The Bertz CT molecular complexity index is 608. The number of methoxy groups -OCH3 is 1. The maximum atomic E-state index is 14.2. The number of esters is 1. The number of carbonyl (C=O) groups is 1. The lowest BCUT2D eigenvalue weighted by Gasteiger charge is -2.26. The number of ether oxygens (including phenoxy) is 2. The predicted molar refractivity (Wildman–Crippen MR) is 87.0 cm³/mol. The van der Waals surface area contributed by atoms with E-state index >= 15 is 0 Å². The first-order chi connectivity index (χ1) is 11.5. The van der Waals surface area contributed by atoms with Crippen molar-refractivity contribution in [1.82, 2.24) is 4.90 Å². The monoisotopic (exact) mass is 358 g/mol. The number of rotatable bonds is 7. The van der Waals surface area contributed by atoms with Gasteiger partial charge in [0.25, 0.3) is 0 Å². The molecule has 0 atom stereocenters. The number of hydrogen-bond acceptors (Lipinski definition) is 7. The summed E-state index contributed by atoms with van der Waals surface area (Å²) in [7, 11) is 1.17. The smallest absolute Gasteiger partial charge is 0.338 e. The van der Waals surface area contributed by atoms with E-state index in [9.17, 15) is 19.3 Å². The van der Waals surface area contributed by atoms with E-state index in [2.05, 4.69) is 9.64 Å². The molecule has 1 saturated heterocycles. The summed E-state index contributed by atoms with van der Waals surface area (Å²) >= 11 is 1.16. The first-order valence-electron chi connectivity index (χ1n) is 7.52. The number of carbonyl (C=O) groups excluding carboxylic acids is 1. The van der Waals surface area contributed by atoms with Crippen LogP contribution >= 0.6 is 11.8 Å². The molecule has 0 N–H and O–H groups in total. The zero-order valence-electron chi connectivity index (χ0n) is 13.3. The summed E-state index contributed by atoms with van der Waals surface area (Å²) in [5.74, 6) is -1.05. The fourth-order valence-electron chi connectivity index (χ4n) is 2.35. The molecule has 1 aliphatic heterocycles. The molecule has 0 radical (unpaired) electrons. The predicted octanol–water partition coefficient (Wildman–Crippen LogP) is 2.33. The van der Waals surface area contributed by atoms with Crippen LogP contribution in [0.2, 0.25) is 0 Å². The zero-order valence-corrected chi connectivity index (χ0v) is 14.1. The van der Waals surface area contributed by atoms with Gasteiger partial charge in [0.1, 0.15) is 0 Å². The lowest BCUT2D eigenvalue weighted by Crippen LogP contribution is -2.36. The molecule has 0 aromatic heterocycles. The van der Waals surface area contributed by atoms with Crippen molar-refractivity contribution in [3.8, 4) is 0 Å². The first kappa shape index (κ1) is 18.6. The summed E-state index contributed by atoms with van der Waals surface area (Å²) in [6, 6.07) is 2.20. The molecule has 9 heteroatoms. The Hall–Kier alpha value is -1.71. The second-order valence-electron chi connectivity index (χ2n) is 5.21. The summed E-state index contributed by atoms with van der Waals surface area (Å²) in [6.07, 6.45) is 0.806. The van der Waals surface area contributed by atoms with E-state index in [1.807, 2.05) is 0 Å². The summed E-state index contributed by atoms with van der Waals surface area (Å²) < 4.78 is 24.0. The molecule has 0 bridgehead atoms. The minimum Gasteiger partial charge on any atom is -0.465 e. The van der Waals surface area contributed by atoms with Gasteiger partial charge in [-0.05, 0) is 24.8 Å². The van der Waals surface area contributed by atoms with Crippen LogP contribution in [-0.4, -0.2) is 61.5 Å². The summed E-state index contributed by atoms with van der Waals surface area (Å²) in [4.78, 5) is 24.1. The summed E-state index contributed by atoms with van der Waals surface area (Å²) in [5.41, 5.74) is -0.741. The Kier molecular flexibility index (Phi) is 6.95. The van der Waals surface area contributed by atoms with Gasteiger partial charge >= 0.3 is 11.7 Å². The van der Waals surface area contributed by atoms with Gasteiger partial charge in [0, 0.05) is 19.2 Å².